The molecule has 3 heterocycles. The van der Waals surface area contributed by atoms with Gasteiger partial charge < -0.3 is 14.2 Å². The Morgan fingerprint density at radius 3 is 2.65 bits per heavy atom. The first kappa shape index (κ1) is 22.1. The van der Waals surface area contributed by atoms with Gasteiger partial charge in [-0.3, -0.25) is 4.79 Å². The lowest BCUT2D eigenvalue weighted by atomic mass is 10.2. The Bertz CT molecular complexity index is 1520. The second-order valence-electron chi connectivity index (χ2n) is 7.37. The molecule has 0 radical (unpaired) electrons. The number of hydrogen-bond donors (Lipinski definition) is 2. The number of furan rings is 2. The third-order valence-corrected chi connectivity index (χ3v) is 7.46. The second kappa shape index (κ2) is 9.26. The summed E-state index contributed by atoms with van der Waals surface area (Å²) in [7, 11) is -3.81. The molecule has 0 unspecified atom stereocenters. The van der Waals surface area contributed by atoms with Gasteiger partial charge in [-0.15, -0.1) is 11.3 Å². The van der Waals surface area contributed by atoms with E-state index in [1.165, 1.54) is 35.8 Å². The molecule has 0 saturated carbocycles. The third-order valence-electron chi connectivity index (χ3n) is 5.01. The van der Waals surface area contributed by atoms with E-state index in [9.17, 15) is 13.2 Å². The van der Waals surface area contributed by atoms with Crippen molar-refractivity contribution in [1.82, 2.24) is 15.0 Å². The standard InChI is InChI=1S/C24H19N3O5S2/c28-23(16-5-3-7-19(13-16)34(29,30)26-15-17-6-4-12-31-17)25-14-18-10-11-21(32-18)24-27-20-8-1-2-9-22(20)33-24/h1-13,26H,14-15H2,(H,25,28). The highest BCUT2D eigenvalue weighted by molar-refractivity contribution is 7.89. The summed E-state index contributed by atoms with van der Waals surface area (Å²) >= 11 is 1.53. The van der Waals surface area contributed by atoms with Crippen LogP contribution in [0.1, 0.15) is 21.9 Å². The Morgan fingerprint density at radius 2 is 1.82 bits per heavy atom. The fraction of sp³-hybridized carbons (Fsp3) is 0.0833. The highest BCUT2D eigenvalue weighted by Crippen LogP contribution is 2.31. The van der Waals surface area contributed by atoms with Crippen LogP contribution in [0.15, 0.2) is 92.8 Å². The number of carbonyl (C=O) groups excluding carboxylic acids is 1. The molecule has 34 heavy (non-hydrogen) atoms. The van der Waals surface area contributed by atoms with Gasteiger partial charge in [0.1, 0.15) is 11.5 Å². The van der Waals surface area contributed by atoms with Crippen LogP contribution in [-0.2, 0) is 23.1 Å². The van der Waals surface area contributed by atoms with Crippen LogP contribution in [0, 0.1) is 0 Å². The fourth-order valence-corrected chi connectivity index (χ4v) is 5.27. The molecule has 0 spiro atoms. The second-order valence-corrected chi connectivity index (χ2v) is 10.2. The molecule has 1 amide bonds. The fourth-order valence-electron chi connectivity index (χ4n) is 3.30. The number of benzene rings is 2. The number of sulfonamides is 1. The number of hydrogen-bond acceptors (Lipinski definition) is 7. The molecule has 10 heteroatoms. The SMILES string of the molecule is O=C(NCc1ccc(-c2nc3ccccc3s2)o1)c1cccc(S(=O)(=O)NCc2ccco2)c1. The molecule has 5 aromatic rings. The average molecular weight is 494 g/mol. The molecule has 8 nitrogen and oxygen atoms in total. The highest BCUT2D eigenvalue weighted by atomic mass is 32.2. The number of nitrogens with one attached hydrogen (secondary N) is 2. The van der Waals surface area contributed by atoms with Crippen LogP contribution in [0.25, 0.3) is 21.0 Å². The largest absolute Gasteiger partial charge is 0.468 e. The van der Waals surface area contributed by atoms with Crippen molar-refractivity contribution < 1.29 is 22.0 Å². The third kappa shape index (κ3) is 4.79. The van der Waals surface area contributed by atoms with Crippen LogP contribution in [-0.4, -0.2) is 19.3 Å². The van der Waals surface area contributed by atoms with Gasteiger partial charge >= 0.3 is 0 Å². The van der Waals surface area contributed by atoms with E-state index in [4.69, 9.17) is 8.83 Å². The van der Waals surface area contributed by atoms with E-state index in [0.717, 1.165) is 15.2 Å². The molecule has 2 N–H and O–H groups in total. The summed E-state index contributed by atoms with van der Waals surface area (Å²) in [5.74, 6) is 1.26. The number of carbonyl (C=O) groups is 1. The number of para-hydroxylation sites is 1. The number of thiazole rings is 1. The number of aromatic nitrogens is 1. The Labute approximate surface area is 199 Å². The molecular formula is C24H19N3O5S2. The normalized spacial score (nSPS) is 11.6. The molecule has 5 rings (SSSR count). The van der Waals surface area contributed by atoms with Crippen LogP contribution in [0.2, 0.25) is 0 Å². The maximum atomic E-state index is 12.6. The van der Waals surface area contributed by atoms with Gasteiger partial charge in [0.05, 0.1) is 34.5 Å². The minimum absolute atomic E-state index is 0.0113. The van der Waals surface area contributed by atoms with Crippen molar-refractivity contribution in [3.05, 3.63) is 96.1 Å². The monoisotopic (exact) mass is 493 g/mol. The summed E-state index contributed by atoms with van der Waals surface area (Å²) in [4.78, 5) is 17.2. The molecule has 0 saturated heterocycles. The Kier molecular flexibility index (Phi) is 6.01. The summed E-state index contributed by atoms with van der Waals surface area (Å²) < 4.78 is 39.7. The molecular weight excluding hydrogens is 474 g/mol. The maximum absolute atomic E-state index is 12.6. The topological polar surface area (TPSA) is 114 Å². The lowest BCUT2D eigenvalue weighted by molar-refractivity contribution is 0.0948. The molecule has 0 fully saturated rings. The number of amides is 1. The Balaban J connectivity index is 1.23. The van der Waals surface area contributed by atoms with Crippen LogP contribution in [0.3, 0.4) is 0 Å². The first-order valence-electron chi connectivity index (χ1n) is 10.3. The van der Waals surface area contributed by atoms with Gasteiger partial charge in [0, 0.05) is 5.56 Å². The average Bonchev–Trinajstić information content (AvgIpc) is 3.61. The van der Waals surface area contributed by atoms with Gasteiger partial charge in [-0.1, -0.05) is 18.2 Å². The lowest BCUT2D eigenvalue weighted by Gasteiger charge is -2.08. The van der Waals surface area contributed by atoms with E-state index >= 15 is 0 Å². The van der Waals surface area contributed by atoms with E-state index in [1.54, 1.807) is 24.3 Å². The van der Waals surface area contributed by atoms with Crippen molar-refractivity contribution in [1.29, 1.82) is 0 Å². The molecule has 0 atom stereocenters. The van der Waals surface area contributed by atoms with Crippen LogP contribution >= 0.6 is 11.3 Å². The first-order chi connectivity index (χ1) is 16.5. The van der Waals surface area contributed by atoms with E-state index in [1.807, 2.05) is 30.3 Å². The van der Waals surface area contributed by atoms with Gasteiger partial charge in [0.2, 0.25) is 10.0 Å². The number of rotatable bonds is 8. The zero-order chi connectivity index (χ0) is 23.5. The zero-order valence-electron chi connectivity index (χ0n) is 17.7. The predicted octanol–water partition coefficient (Wildman–Crippen LogP) is 4.56. The van der Waals surface area contributed by atoms with Gasteiger partial charge in [0.25, 0.3) is 5.91 Å². The lowest BCUT2D eigenvalue weighted by Crippen LogP contribution is -2.25. The predicted molar refractivity (Wildman–Crippen MR) is 128 cm³/mol. The van der Waals surface area contributed by atoms with Crippen LogP contribution < -0.4 is 10.0 Å². The summed E-state index contributed by atoms with van der Waals surface area (Å²) in [6.07, 6.45) is 1.47. The molecule has 172 valence electrons. The van der Waals surface area contributed by atoms with E-state index in [-0.39, 0.29) is 23.5 Å². The van der Waals surface area contributed by atoms with Crippen molar-refractivity contribution in [3.8, 4) is 10.8 Å². The number of nitrogens with zero attached hydrogens (tertiary/aromatic N) is 1. The quantitative estimate of drug-likeness (QED) is 0.328. The van der Waals surface area contributed by atoms with E-state index < -0.39 is 15.9 Å². The van der Waals surface area contributed by atoms with E-state index in [0.29, 0.717) is 17.3 Å². The van der Waals surface area contributed by atoms with Gasteiger partial charge in [0.15, 0.2) is 10.8 Å². The molecule has 3 aromatic heterocycles. The summed E-state index contributed by atoms with van der Waals surface area (Å²) in [5, 5.41) is 3.52. The molecule has 0 aliphatic carbocycles. The maximum Gasteiger partial charge on any atom is 0.251 e. The minimum Gasteiger partial charge on any atom is -0.468 e. The number of fused-ring (bicyclic) bond motifs is 1. The smallest absolute Gasteiger partial charge is 0.251 e. The van der Waals surface area contributed by atoms with Crippen molar-refractivity contribution in [2.75, 3.05) is 0 Å². The van der Waals surface area contributed by atoms with Gasteiger partial charge in [-0.2, -0.15) is 0 Å². The van der Waals surface area contributed by atoms with Gasteiger partial charge in [-0.05, 0) is 54.6 Å². The Morgan fingerprint density at radius 1 is 0.941 bits per heavy atom. The molecule has 0 aliphatic rings. The summed E-state index contributed by atoms with van der Waals surface area (Å²) in [6, 6.07) is 20.6. The van der Waals surface area contributed by atoms with Crippen LogP contribution in [0.5, 0.6) is 0 Å². The van der Waals surface area contributed by atoms with Crippen molar-refractivity contribution in [2.45, 2.75) is 18.0 Å². The van der Waals surface area contributed by atoms with Gasteiger partial charge in [-0.25, -0.2) is 18.1 Å². The first-order valence-corrected chi connectivity index (χ1v) is 12.6. The molecule has 0 aliphatic heterocycles. The summed E-state index contributed by atoms with van der Waals surface area (Å²) in [6.45, 7) is 0.165. The van der Waals surface area contributed by atoms with Crippen molar-refractivity contribution >= 4 is 37.5 Å². The summed E-state index contributed by atoms with van der Waals surface area (Å²) in [5.41, 5.74) is 1.13. The zero-order valence-corrected chi connectivity index (χ0v) is 19.4. The van der Waals surface area contributed by atoms with Crippen LogP contribution in [0.4, 0.5) is 0 Å². The Hall–Kier alpha value is -3.73. The molecule has 2 aromatic carbocycles. The highest BCUT2D eigenvalue weighted by Gasteiger charge is 2.17. The van der Waals surface area contributed by atoms with Crippen molar-refractivity contribution in [3.63, 3.8) is 0 Å². The van der Waals surface area contributed by atoms with Crippen molar-refractivity contribution in [2.24, 2.45) is 0 Å². The minimum atomic E-state index is -3.81. The van der Waals surface area contributed by atoms with E-state index in [2.05, 4.69) is 15.0 Å². The molecule has 0 bridgehead atoms.